The van der Waals surface area contributed by atoms with Gasteiger partial charge in [-0.15, -0.1) is 10.2 Å². The monoisotopic (exact) mass is 355 g/mol. The van der Waals surface area contributed by atoms with E-state index in [9.17, 15) is 9.18 Å². The van der Waals surface area contributed by atoms with Crippen molar-refractivity contribution in [2.45, 2.75) is 19.4 Å². The molecule has 0 aliphatic carbocycles. The van der Waals surface area contributed by atoms with Crippen molar-refractivity contribution in [3.8, 4) is 17.2 Å². The van der Waals surface area contributed by atoms with E-state index in [1.807, 2.05) is 18.2 Å². The third-order valence-corrected chi connectivity index (χ3v) is 3.77. The molecule has 7 heteroatoms. The van der Waals surface area contributed by atoms with E-state index in [1.54, 1.807) is 25.3 Å². The first-order valence-corrected chi connectivity index (χ1v) is 8.12. The van der Waals surface area contributed by atoms with Crippen molar-refractivity contribution < 1.29 is 18.3 Å². The van der Waals surface area contributed by atoms with E-state index in [0.29, 0.717) is 30.4 Å². The molecule has 3 rings (SSSR count). The zero-order chi connectivity index (χ0) is 18.4. The Hall–Kier alpha value is -3.22. The number of nitrogens with zero attached hydrogens (tertiary/aromatic N) is 2. The molecular formula is C19H18FN3O3. The predicted molar refractivity (Wildman–Crippen MR) is 92.9 cm³/mol. The van der Waals surface area contributed by atoms with Crippen LogP contribution in [0.2, 0.25) is 0 Å². The lowest BCUT2D eigenvalue weighted by molar-refractivity contribution is -0.121. The molecule has 0 atom stereocenters. The molecule has 0 aliphatic heterocycles. The Balaban J connectivity index is 1.51. The quantitative estimate of drug-likeness (QED) is 0.704. The van der Waals surface area contributed by atoms with Crippen molar-refractivity contribution in [1.29, 1.82) is 0 Å². The van der Waals surface area contributed by atoms with Crippen LogP contribution < -0.4 is 10.1 Å². The molecule has 134 valence electrons. The third-order valence-electron chi connectivity index (χ3n) is 3.77. The maximum absolute atomic E-state index is 12.9. The van der Waals surface area contributed by atoms with E-state index < -0.39 is 0 Å². The van der Waals surface area contributed by atoms with Crippen LogP contribution in [0, 0.1) is 5.82 Å². The second kappa shape index (κ2) is 8.24. The molecular weight excluding hydrogens is 337 g/mol. The number of aromatic nitrogens is 2. The maximum atomic E-state index is 12.9. The van der Waals surface area contributed by atoms with Crippen molar-refractivity contribution in [3.05, 3.63) is 65.8 Å². The Bertz CT molecular complexity index is 878. The molecule has 1 amide bonds. The normalized spacial score (nSPS) is 10.5. The van der Waals surface area contributed by atoms with Gasteiger partial charge in [0.2, 0.25) is 17.7 Å². The maximum Gasteiger partial charge on any atom is 0.247 e. The average molecular weight is 355 g/mol. The van der Waals surface area contributed by atoms with E-state index in [-0.39, 0.29) is 18.3 Å². The molecule has 2 aromatic carbocycles. The minimum Gasteiger partial charge on any atom is -0.497 e. The number of aryl methyl sites for hydroxylation is 1. The van der Waals surface area contributed by atoms with E-state index in [2.05, 4.69) is 15.5 Å². The number of amides is 1. The zero-order valence-electron chi connectivity index (χ0n) is 14.2. The van der Waals surface area contributed by atoms with Gasteiger partial charge in [-0.1, -0.05) is 18.2 Å². The number of halogens is 1. The van der Waals surface area contributed by atoms with Gasteiger partial charge < -0.3 is 14.5 Å². The molecule has 0 fully saturated rings. The van der Waals surface area contributed by atoms with Gasteiger partial charge in [-0.2, -0.15) is 0 Å². The number of carbonyl (C=O) groups is 1. The predicted octanol–water partition coefficient (Wildman–Crippen LogP) is 3.13. The summed E-state index contributed by atoms with van der Waals surface area (Å²) in [6, 6.07) is 13.4. The molecule has 1 aromatic heterocycles. The SMILES string of the molecule is COc1cccc(-c2nnc(CNC(=O)CCc3ccc(F)cc3)o2)c1. The third kappa shape index (κ3) is 4.66. The van der Waals surface area contributed by atoms with Crippen LogP contribution in [0.4, 0.5) is 4.39 Å². The molecule has 0 spiro atoms. The van der Waals surface area contributed by atoms with Crippen LogP contribution in [0.5, 0.6) is 5.75 Å². The highest BCUT2D eigenvalue weighted by Crippen LogP contribution is 2.22. The molecule has 0 saturated heterocycles. The Morgan fingerprint density at radius 2 is 2.00 bits per heavy atom. The van der Waals surface area contributed by atoms with Crippen molar-refractivity contribution in [2.75, 3.05) is 7.11 Å². The summed E-state index contributed by atoms with van der Waals surface area (Å²) < 4.78 is 23.6. The second-order valence-electron chi connectivity index (χ2n) is 5.64. The van der Waals surface area contributed by atoms with E-state index in [0.717, 1.165) is 11.1 Å². The van der Waals surface area contributed by atoms with Crippen LogP contribution in [0.15, 0.2) is 52.9 Å². The fourth-order valence-corrected chi connectivity index (χ4v) is 2.37. The topological polar surface area (TPSA) is 77.3 Å². The number of benzene rings is 2. The molecule has 0 saturated carbocycles. The summed E-state index contributed by atoms with van der Waals surface area (Å²) in [5.74, 6) is 0.936. The summed E-state index contributed by atoms with van der Waals surface area (Å²) in [5.41, 5.74) is 1.64. The van der Waals surface area contributed by atoms with Gasteiger partial charge >= 0.3 is 0 Å². The van der Waals surface area contributed by atoms with E-state index in [4.69, 9.17) is 9.15 Å². The fraction of sp³-hybridized carbons (Fsp3) is 0.211. The van der Waals surface area contributed by atoms with Crippen LogP contribution in [0.25, 0.3) is 11.5 Å². The number of rotatable bonds is 7. The summed E-state index contributed by atoms with van der Waals surface area (Å²) in [5, 5.41) is 10.7. The van der Waals surface area contributed by atoms with Crippen LogP contribution in [0.3, 0.4) is 0 Å². The van der Waals surface area contributed by atoms with Crippen molar-refractivity contribution >= 4 is 5.91 Å². The second-order valence-corrected chi connectivity index (χ2v) is 5.64. The number of ether oxygens (including phenoxy) is 1. The number of methoxy groups -OCH3 is 1. The van der Waals surface area contributed by atoms with Gasteiger partial charge in [0.1, 0.15) is 11.6 Å². The summed E-state index contributed by atoms with van der Waals surface area (Å²) in [6.45, 7) is 0.152. The van der Waals surface area contributed by atoms with Crippen LogP contribution in [0.1, 0.15) is 17.9 Å². The lowest BCUT2D eigenvalue weighted by atomic mass is 10.1. The molecule has 0 aliphatic rings. The average Bonchev–Trinajstić information content (AvgIpc) is 3.15. The minimum atomic E-state index is -0.290. The number of hydrogen-bond donors (Lipinski definition) is 1. The van der Waals surface area contributed by atoms with Gasteiger partial charge in [0.05, 0.1) is 13.7 Å². The molecule has 3 aromatic rings. The molecule has 26 heavy (non-hydrogen) atoms. The highest BCUT2D eigenvalue weighted by molar-refractivity contribution is 5.76. The minimum absolute atomic E-state index is 0.143. The van der Waals surface area contributed by atoms with Gasteiger partial charge in [0, 0.05) is 12.0 Å². The smallest absolute Gasteiger partial charge is 0.247 e. The molecule has 0 unspecified atom stereocenters. The summed E-state index contributed by atoms with van der Waals surface area (Å²) in [7, 11) is 1.58. The van der Waals surface area contributed by atoms with E-state index in [1.165, 1.54) is 12.1 Å². The Morgan fingerprint density at radius 3 is 2.77 bits per heavy atom. The number of carbonyl (C=O) groups excluding carboxylic acids is 1. The van der Waals surface area contributed by atoms with Crippen LogP contribution in [-0.4, -0.2) is 23.2 Å². The van der Waals surface area contributed by atoms with Crippen LogP contribution >= 0.6 is 0 Å². The first-order chi connectivity index (χ1) is 12.6. The van der Waals surface area contributed by atoms with Gasteiger partial charge in [-0.25, -0.2) is 4.39 Å². The van der Waals surface area contributed by atoms with E-state index >= 15 is 0 Å². The van der Waals surface area contributed by atoms with Crippen molar-refractivity contribution in [1.82, 2.24) is 15.5 Å². The zero-order valence-corrected chi connectivity index (χ0v) is 14.2. The molecule has 1 heterocycles. The Kier molecular flexibility index (Phi) is 5.58. The summed E-state index contributed by atoms with van der Waals surface area (Å²) >= 11 is 0. The van der Waals surface area contributed by atoms with Crippen LogP contribution in [-0.2, 0) is 17.8 Å². The van der Waals surface area contributed by atoms with Gasteiger partial charge in [-0.3, -0.25) is 4.79 Å². The van der Waals surface area contributed by atoms with Gasteiger partial charge in [0.15, 0.2) is 0 Å². The molecule has 1 N–H and O–H groups in total. The number of hydrogen-bond acceptors (Lipinski definition) is 5. The lowest BCUT2D eigenvalue weighted by Gasteiger charge is -2.03. The standard InChI is InChI=1S/C19H18FN3O3/c1-25-16-4-2-3-14(11-16)19-23-22-18(26-19)12-21-17(24)10-7-13-5-8-15(20)9-6-13/h2-6,8-9,11H,7,10,12H2,1H3,(H,21,24). The van der Waals surface area contributed by atoms with Gasteiger partial charge in [0.25, 0.3) is 0 Å². The molecule has 0 bridgehead atoms. The first kappa shape index (κ1) is 17.6. The van der Waals surface area contributed by atoms with Crippen molar-refractivity contribution in [3.63, 3.8) is 0 Å². The Labute approximate surface area is 150 Å². The largest absolute Gasteiger partial charge is 0.497 e. The highest BCUT2D eigenvalue weighted by atomic mass is 19.1. The lowest BCUT2D eigenvalue weighted by Crippen LogP contribution is -2.23. The highest BCUT2D eigenvalue weighted by Gasteiger charge is 2.10. The summed E-state index contributed by atoms with van der Waals surface area (Å²) in [6.07, 6.45) is 0.827. The first-order valence-electron chi connectivity index (χ1n) is 8.12. The molecule has 6 nitrogen and oxygen atoms in total. The van der Waals surface area contributed by atoms with Crippen molar-refractivity contribution in [2.24, 2.45) is 0 Å². The fourth-order valence-electron chi connectivity index (χ4n) is 2.37. The number of nitrogens with one attached hydrogen (secondary N) is 1. The summed E-state index contributed by atoms with van der Waals surface area (Å²) in [4.78, 5) is 11.9. The molecule has 0 radical (unpaired) electrons. The Morgan fingerprint density at radius 1 is 1.19 bits per heavy atom. The van der Waals surface area contributed by atoms with Gasteiger partial charge in [-0.05, 0) is 42.3 Å².